The van der Waals surface area contributed by atoms with Gasteiger partial charge in [-0.2, -0.15) is 0 Å². The monoisotopic (exact) mass is 476 g/mol. The second-order valence-electron chi connectivity index (χ2n) is 9.52. The van der Waals surface area contributed by atoms with E-state index in [1.165, 1.54) is 31.2 Å². The number of methoxy groups -OCH3 is 2. The summed E-state index contributed by atoms with van der Waals surface area (Å²) in [5.74, 6) is 2.33. The van der Waals surface area contributed by atoms with Crippen LogP contribution in [0.15, 0.2) is 48.5 Å². The molecule has 3 aromatic rings. The van der Waals surface area contributed by atoms with Crippen LogP contribution in [0.25, 0.3) is 0 Å². The Bertz CT molecular complexity index is 1070. The Kier molecular flexibility index (Phi) is 7.59. The van der Waals surface area contributed by atoms with Gasteiger partial charge in [0.25, 0.3) is 0 Å². The Labute approximate surface area is 207 Å². The highest BCUT2D eigenvalue weighted by Crippen LogP contribution is 2.35. The quantitative estimate of drug-likeness (QED) is 0.468. The van der Waals surface area contributed by atoms with Gasteiger partial charge in [-0.3, -0.25) is 9.80 Å². The molecule has 0 spiro atoms. The number of nitrogens with zero attached hydrogens (tertiary/aromatic N) is 6. The van der Waals surface area contributed by atoms with Gasteiger partial charge in [-0.25, -0.2) is 4.68 Å². The fourth-order valence-corrected chi connectivity index (χ4v) is 5.62. The van der Waals surface area contributed by atoms with Crippen LogP contribution < -0.4 is 9.47 Å². The molecule has 8 heteroatoms. The van der Waals surface area contributed by atoms with Crippen LogP contribution in [0.4, 0.5) is 0 Å². The highest BCUT2D eigenvalue weighted by atomic mass is 16.5. The first kappa shape index (κ1) is 23.8. The van der Waals surface area contributed by atoms with E-state index in [0.29, 0.717) is 0 Å². The number of hydrogen-bond donors (Lipinski definition) is 0. The molecule has 0 amide bonds. The van der Waals surface area contributed by atoms with Gasteiger partial charge in [0.05, 0.1) is 20.3 Å². The number of piperazine rings is 1. The molecule has 2 heterocycles. The Balaban J connectivity index is 1.42. The van der Waals surface area contributed by atoms with Crippen molar-refractivity contribution >= 4 is 0 Å². The van der Waals surface area contributed by atoms with Crippen LogP contribution in [0.5, 0.6) is 11.5 Å². The number of aryl methyl sites for hydroxylation is 2. The smallest absolute Gasteiger partial charge is 0.173 e. The molecule has 2 aliphatic rings. The highest BCUT2D eigenvalue weighted by Gasteiger charge is 2.33. The minimum atomic E-state index is -0.0497. The van der Waals surface area contributed by atoms with E-state index in [9.17, 15) is 0 Å². The van der Waals surface area contributed by atoms with Crippen LogP contribution in [-0.4, -0.2) is 76.4 Å². The van der Waals surface area contributed by atoms with Crippen LogP contribution in [-0.2, 0) is 13.0 Å². The van der Waals surface area contributed by atoms with E-state index in [1.807, 2.05) is 16.8 Å². The standard InChI is InChI=1S/C27H36N6O2/c1-34-24-13-12-22(20-25(24)35-2)26(32-18-16-31(17-19-32)23-10-6-7-11-23)27-28-29-30-33(27)15-14-21-8-4-3-5-9-21/h3-5,8-9,12-13,20,23,26H,6-7,10-11,14-19H2,1-2H3/t26-/m0/s1. The van der Waals surface area contributed by atoms with E-state index >= 15 is 0 Å². The molecule has 186 valence electrons. The minimum Gasteiger partial charge on any atom is -0.493 e. The number of hydrogen-bond acceptors (Lipinski definition) is 7. The minimum absolute atomic E-state index is 0.0497. The molecule has 2 fully saturated rings. The molecular formula is C27H36N6O2. The zero-order valence-electron chi connectivity index (χ0n) is 20.8. The van der Waals surface area contributed by atoms with Gasteiger partial charge in [0.15, 0.2) is 17.3 Å². The van der Waals surface area contributed by atoms with Gasteiger partial charge in [0, 0.05) is 38.8 Å². The SMILES string of the molecule is COc1ccc([C@@H](c2nnnn2CCc2ccccc2)N2CCN(C3CCCC3)CC2)cc1OC. The molecule has 0 N–H and O–H groups in total. The summed E-state index contributed by atoms with van der Waals surface area (Å²) >= 11 is 0. The number of ether oxygens (including phenoxy) is 2. The summed E-state index contributed by atoms with van der Waals surface area (Å²) < 4.78 is 13.1. The highest BCUT2D eigenvalue weighted by molar-refractivity contribution is 5.45. The predicted molar refractivity (Wildman–Crippen MR) is 135 cm³/mol. The Hall–Kier alpha value is -2.97. The fraction of sp³-hybridized carbons (Fsp3) is 0.519. The van der Waals surface area contributed by atoms with E-state index in [1.54, 1.807) is 14.2 Å². The number of rotatable bonds is 9. The van der Waals surface area contributed by atoms with Gasteiger partial charge in [-0.1, -0.05) is 49.2 Å². The van der Waals surface area contributed by atoms with Crippen molar-refractivity contribution in [2.24, 2.45) is 0 Å². The molecule has 5 rings (SSSR count). The summed E-state index contributed by atoms with van der Waals surface area (Å²) in [6.07, 6.45) is 6.31. The molecule has 1 aliphatic carbocycles. The molecule has 1 aromatic heterocycles. The van der Waals surface area contributed by atoms with Crippen molar-refractivity contribution in [3.05, 3.63) is 65.5 Å². The normalized spacial score (nSPS) is 18.6. The molecule has 1 saturated carbocycles. The first-order valence-corrected chi connectivity index (χ1v) is 12.8. The fourth-order valence-electron chi connectivity index (χ4n) is 5.62. The molecule has 35 heavy (non-hydrogen) atoms. The Morgan fingerprint density at radius 3 is 2.37 bits per heavy atom. The maximum atomic E-state index is 5.64. The Morgan fingerprint density at radius 1 is 0.914 bits per heavy atom. The molecular weight excluding hydrogens is 440 g/mol. The molecule has 0 bridgehead atoms. The molecule has 2 aromatic carbocycles. The maximum absolute atomic E-state index is 5.64. The van der Waals surface area contributed by atoms with Crippen LogP contribution in [0, 0.1) is 0 Å². The first-order valence-electron chi connectivity index (χ1n) is 12.8. The van der Waals surface area contributed by atoms with Gasteiger partial charge in [0.2, 0.25) is 0 Å². The third-order valence-electron chi connectivity index (χ3n) is 7.54. The van der Waals surface area contributed by atoms with Crippen molar-refractivity contribution in [3.63, 3.8) is 0 Å². The topological polar surface area (TPSA) is 68.5 Å². The van der Waals surface area contributed by atoms with Crippen molar-refractivity contribution in [3.8, 4) is 11.5 Å². The maximum Gasteiger partial charge on any atom is 0.173 e. The summed E-state index contributed by atoms with van der Waals surface area (Å²) in [5.41, 5.74) is 2.40. The van der Waals surface area contributed by atoms with E-state index in [0.717, 1.165) is 68.1 Å². The summed E-state index contributed by atoms with van der Waals surface area (Å²) in [6.45, 7) is 4.88. The lowest BCUT2D eigenvalue weighted by molar-refractivity contribution is 0.0769. The van der Waals surface area contributed by atoms with Crippen LogP contribution in [0.2, 0.25) is 0 Å². The average molecular weight is 477 g/mol. The van der Waals surface area contributed by atoms with E-state index in [4.69, 9.17) is 9.47 Å². The molecule has 0 unspecified atom stereocenters. The van der Waals surface area contributed by atoms with Gasteiger partial charge < -0.3 is 9.47 Å². The number of aromatic nitrogens is 4. The van der Waals surface area contributed by atoms with Crippen molar-refractivity contribution in [1.29, 1.82) is 0 Å². The lowest BCUT2D eigenvalue weighted by atomic mass is 10.0. The number of tetrazole rings is 1. The van der Waals surface area contributed by atoms with Crippen LogP contribution in [0.1, 0.15) is 48.7 Å². The van der Waals surface area contributed by atoms with Crippen LogP contribution in [0.3, 0.4) is 0 Å². The molecule has 0 radical (unpaired) electrons. The van der Waals surface area contributed by atoms with Gasteiger partial charge >= 0.3 is 0 Å². The lowest BCUT2D eigenvalue weighted by Crippen LogP contribution is -2.51. The van der Waals surface area contributed by atoms with Crippen molar-refractivity contribution in [2.75, 3.05) is 40.4 Å². The summed E-state index contributed by atoms with van der Waals surface area (Å²) in [7, 11) is 3.35. The van der Waals surface area contributed by atoms with Crippen molar-refractivity contribution < 1.29 is 9.47 Å². The molecule has 1 atom stereocenters. The van der Waals surface area contributed by atoms with E-state index in [-0.39, 0.29) is 6.04 Å². The van der Waals surface area contributed by atoms with Gasteiger partial charge in [0.1, 0.15) is 0 Å². The second kappa shape index (κ2) is 11.2. The average Bonchev–Trinajstić information content (AvgIpc) is 3.61. The second-order valence-corrected chi connectivity index (χ2v) is 9.52. The van der Waals surface area contributed by atoms with Crippen LogP contribution >= 0.6 is 0 Å². The zero-order chi connectivity index (χ0) is 24.0. The van der Waals surface area contributed by atoms with E-state index in [2.05, 4.69) is 61.7 Å². The number of benzene rings is 2. The zero-order valence-corrected chi connectivity index (χ0v) is 20.8. The molecule has 1 saturated heterocycles. The first-order chi connectivity index (χ1) is 17.3. The van der Waals surface area contributed by atoms with Gasteiger partial charge in [-0.15, -0.1) is 5.10 Å². The lowest BCUT2D eigenvalue weighted by Gasteiger charge is -2.41. The van der Waals surface area contributed by atoms with Gasteiger partial charge in [-0.05, 0) is 52.9 Å². The van der Waals surface area contributed by atoms with Crippen molar-refractivity contribution in [1.82, 2.24) is 30.0 Å². The third kappa shape index (κ3) is 5.33. The summed E-state index contributed by atoms with van der Waals surface area (Å²) in [5, 5.41) is 13.0. The van der Waals surface area contributed by atoms with Crippen molar-refractivity contribution in [2.45, 2.75) is 50.7 Å². The predicted octanol–water partition coefficient (Wildman–Crippen LogP) is 3.58. The Morgan fingerprint density at radius 2 is 1.66 bits per heavy atom. The van der Waals surface area contributed by atoms with E-state index < -0.39 is 0 Å². The molecule has 1 aliphatic heterocycles. The third-order valence-corrected chi connectivity index (χ3v) is 7.54. The summed E-state index contributed by atoms with van der Waals surface area (Å²) in [4.78, 5) is 5.21. The summed E-state index contributed by atoms with van der Waals surface area (Å²) in [6, 6.07) is 17.4. The molecule has 8 nitrogen and oxygen atoms in total. The largest absolute Gasteiger partial charge is 0.493 e.